The molecule has 19 heavy (non-hydrogen) atoms. The number of aryl methyl sites for hydroxylation is 1. The van der Waals surface area contributed by atoms with Gasteiger partial charge < -0.3 is 14.2 Å². The normalized spacial score (nSPS) is 11.4. The smallest absolute Gasteiger partial charge is 0.120 e. The van der Waals surface area contributed by atoms with Crippen molar-refractivity contribution in [1.82, 2.24) is 10.2 Å². The zero-order chi connectivity index (χ0) is 13.7. The molecule has 2 heterocycles. The van der Waals surface area contributed by atoms with Gasteiger partial charge in [0.25, 0.3) is 0 Å². The van der Waals surface area contributed by atoms with E-state index < -0.39 is 0 Å². The van der Waals surface area contributed by atoms with E-state index in [1.54, 1.807) is 6.26 Å². The van der Waals surface area contributed by atoms with Crippen molar-refractivity contribution in [2.75, 3.05) is 13.6 Å². The molecule has 0 spiro atoms. The summed E-state index contributed by atoms with van der Waals surface area (Å²) in [4.78, 5) is 2.29. The first-order valence-electron chi connectivity index (χ1n) is 6.70. The van der Waals surface area contributed by atoms with E-state index in [1.807, 2.05) is 19.2 Å². The van der Waals surface area contributed by atoms with Crippen LogP contribution in [0.5, 0.6) is 0 Å². The summed E-state index contributed by atoms with van der Waals surface area (Å²) in [6, 6.07) is 6.05. The highest BCUT2D eigenvalue weighted by atomic mass is 16.3. The molecule has 1 N–H and O–H groups in total. The Hall–Kier alpha value is -1.52. The molecule has 2 aromatic rings. The summed E-state index contributed by atoms with van der Waals surface area (Å²) in [7, 11) is 1.93. The number of rotatable bonds is 7. The molecular formula is C15H22N2O2. The molecule has 0 radical (unpaired) electrons. The van der Waals surface area contributed by atoms with Crippen molar-refractivity contribution in [2.24, 2.45) is 0 Å². The number of nitrogens with one attached hydrogen (secondary N) is 1. The van der Waals surface area contributed by atoms with Crippen LogP contribution in [0.15, 0.2) is 33.3 Å². The van der Waals surface area contributed by atoms with E-state index >= 15 is 0 Å². The van der Waals surface area contributed by atoms with Gasteiger partial charge in [-0.15, -0.1) is 0 Å². The van der Waals surface area contributed by atoms with Crippen molar-refractivity contribution in [2.45, 2.75) is 33.5 Å². The van der Waals surface area contributed by atoms with Gasteiger partial charge in [0.1, 0.15) is 17.3 Å². The third-order valence-corrected chi connectivity index (χ3v) is 3.20. The minimum atomic E-state index is 0.774. The zero-order valence-corrected chi connectivity index (χ0v) is 11.9. The Kier molecular flexibility index (Phi) is 4.82. The lowest BCUT2D eigenvalue weighted by atomic mass is 10.2. The summed E-state index contributed by atoms with van der Waals surface area (Å²) in [5, 5.41) is 3.12. The maximum atomic E-state index is 5.87. The molecule has 0 bridgehead atoms. The van der Waals surface area contributed by atoms with Crippen LogP contribution < -0.4 is 5.32 Å². The minimum Gasteiger partial charge on any atom is -0.468 e. The third kappa shape index (κ3) is 3.72. The largest absolute Gasteiger partial charge is 0.468 e. The Balaban J connectivity index is 1.99. The van der Waals surface area contributed by atoms with E-state index in [0.717, 1.165) is 43.5 Å². The second-order valence-corrected chi connectivity index (χ2v) is 4.73. The molecule has 0 unspecified atom stereocenters. The van der Waals surface area contributed by atoms with Crippen molar-refractivity contribution < 1.29 is 8.83 Å². The minimum absolute atomic E-state index is 0.774. The van der Waals surface area contributed by atoms with E-state index in [-0.39, 0.29) is 0 Å². The van der Waals surface area contributed by atoms with E-state index in [2.05, 4.69) is 30.1 Å². The molecule has 0 amide bonds. The Bertz CT molecular complexity index is 488. The van der Waals surface area contributed by atoms with Crippen LogP contribution in [-0.4, -0.2) is 18.5 Å². The Morgan fingerprint density at radius 1 is 1.26 bits per heavy atom. The maximum absolute atomic E-state index is 5.87. The molecule has 4 nitrogen and oxygen atoms in total. The standard InChI is InChI=1S/C15H22N2O2/c1-4-17(10-13-6-5-7-18-13)11-14-8-12(2)15(19-14)9-16-3/h5-8,16H,4,9-11H2,1-3H3. The lowest BCUT2D eigenvalue weighted by Gasteiger charge is -2.17. The highest BCUT2D eigenvalue weighted by molar-refractivity contribution is 5.20. The van der Waals surface area contributed by atoms with Gasteiger partial charge in [0.15, 0.2) is 0 Å². The second kappa shape index (κ2) is 6.59. The van der Waals surface area contributed by atoms with Crippen LogP contribution in [0.4, 0.5) is 0 Å². The van der Waals surface area contributed by atoms with Gasteiger partial charge in [0, 0.05) is 0 Å². The van der Waals surface area contributed by atoms with Gasteiger partial charge in [0.05, 0.1) is 25.9 Å². The van der Waals surface area contributed by atoms with E-state index in [0.29, 0.717) is 0 Å². The predicted molar refractivity (Wildman–Crippen MR) is 74.7 cm³/mol. The van der Waals surface area contributed by atoms with Gasteiger partial charge in [-0.1, -0.05) is 6.92 Å². The van der Waals surface area contributed by atoms with Gasteiger partial charge in [-0.05, 0) is 44.3 Å². The highest BCUT2D eigenvalue weighted by Crippen LogP contribution is 2.17. The average Bonchev–Trinajstić information content (AvgIpc) is 3.00. The lowest BCUT2D eigenvalue weighted by molar-refractivity contribution is 0.226. The number of nitrogens with zero attached hydrogens (tertiary/aromatic N) is 1. The van der Waals surface area contributed by atoms with Gasteiger partial charge in [0.2, 0.25) is 0 Å². The van der Waals surface area contributed by atoms with Crippen molar-refractivity contribution in [1.29, 1.82) is 0 Å². The van der Waals surface area contributed by atoms with Crippen LogP contribution in [-0.2, 0) is 19.6 Å². The Morgan fingerprint density at radius 2 is 2.05 bits per heavy atom. The van der Waals surface area contributed by atoms with Crippen LogP contribution in [0, 0.1) is 6.92 Å². The monoisotopic (exact) mass is 262 g/mol. The molecule has 2 aromatic heterocycles. The molecule has 0 saturated carbocycles. The van der Waals surface area contributed by atoms with Gasteiger partial charge in [-0.2, -0.15) is 0 Å². The summed E-state index contributed by atoms with van der Waals surface area (Å²) >= 11 is 0. The van der Waals surface area contributed by atoms with Gasteiger partial charge >= 0.3 is 0 Å². The molecule has 0 atom stereocenters. The lowest BCUT2D eigenvalue weighted by Crippen LogP contribution is -2.21. The summed E-state index contributed by atoms with van der Waals surface area (Å²) in [5.41, 5.74) is 1.21. The van der Waals surface area contributed by atoms with Crippen LogP contribution in [0.25, 0.3) is 0 Å². The highest BCUT2D eigenvalue weighted by Gasteiger charge is 2.12. The van der Waals surface area contributed by atoms with E-state index in [4.69, 9.17) is 8.83 Å². The second-order valence-electron chi connectivity index (χ2n) is 4.73. The van der Waals surface area contributed by atoms with Crippen LogP contribution in [0.1, 0.15) is 29.8 Å². The summed E-state index contributed by atoms with van der Waals surface area (Å²) in [6.45, 7) is 7.58. The Labute approximate surface area is 114 Å². The van der Waals surface area contributed by atoms with Crippen molar-refractivity contribution in [3.63, 3.8) is 0 Å². The van der Waals surface area contributed by atoms with Crippen molar-refractivity contribution in [3.8, 4) is 0 Å². The van der Waals surface area contributed by atoms with Gasteiger partial charge in [-0.25, -0.2) is 0 Å². The number of hydrogen-bond donors (Lipinski definition) is 1. The molecule has 0 aliphatic rings. The molecule has 0 saturated heterocycles. The topological polar surface area (TPSA) is 41.6 Å². The molecular weight excluding hydrogens is 240 g/mol. The fourth-order valence-electron chi connectivity index (χ4n) is 2.13. The first kappa shape index (κ1) is 13.9. The maximum Gasteiger partial charge on any atom is 0.120 e. The molecule has 2 rings (SSSR count). The quantitative estimate of drug-likeness (QED) is 0.833. The van der Waals surface area contributed by atoms with Gasteiger partial charge in [-0.3, -0.25) is 4.90 Å². The van der Waals surface area contributed by atoms with Crippen molar-refractivity contribution >= 4 is 0 Å². The summed E-state index contributed by atoms with van der Waals surface area (Å²) in [6.07, 6.45) is 1.71. The van der Waals surface area contributed by atoms with Crippen LogP contribution >= 0.6 is 0 Å². The molecule has 104 valence electrons. The molecule has 0 fully saturated rings. The molecule has 0 aliphatic carbocycles. The number of furan rings is 2. The average molecular weight is 262 g/mol. The zero-order valence-electron chi connectivity index (χ0n) is 11.9. The number of hydrogen-bond acceptors (Lipinski definition) is 4. The van der Waals surface area contributed by atoms with Crippen molar-refractivity contribution in [3.05, 3.63) is 47.3 Å². The van der Waals surface area contributed by atoms with Crippen LogP contribution in [0.2, 0.25) is 0 Å². The summed E-state index contributed by atoms with van der Waals surface area (Å²) < 4.78 is 11.3. The first-order chi connectivity index (χ1) is 9.22. The predicted octanol–water partition coefficient (Wildman–Crippen LogP) is 2.92. The molecule has 0 aliphatic heterocycles. The fourth-order valence-corrected chi connectivity index (χ4v) is 2.13. The van der Waals surface area contributed by atoms with E-state index in [1.165, 1.54) is 5.56 Å². The Morgan fingerprint density at radius 3 is 2.68 bits per heavy atom. The van der Waals surface area contributed by atoms with Crippen LogP contribution in [0.3, 0.4) is 0 Å². The summed E-state index contributed by atoms with van der Waals surface area (Å²) in [5.74, 6) is 3.02. The molecule has 4 heteroatoms. The third-order valence-electron chi connectivity index (χ3n) is 3.20. The fraction of sp³-hybridized carbons (Fsp3) is 0.467. The SMILES string of the molecule is CCN(Cc1ccco1)Cc1cc(C)c(CNC)o1. The van der Waals surface area contributed by atoms with E-state index in [9.17, 15) is 0 Å². The first-order valence-corrected chi connectivity index (χ1v) is 6.70. The molecule has 0 aromatic carbocycles.